The normalized spacial score (nSPS) is 18.3. The monoisotopic (exact) mass is 403 g/mol. The molecule has 1 amide bonds. The summed E-state index contributed by atoms with van der Waals surface area (Å²) in [4.78, 5) is 19.3. The Morgan fingerprint density at radius 3 is 2.60 bits per heavy atom. The second-order valence-electron chi connectivity index (χ2n) is 8.09. The highest BCUT2D eigenvalue weighted by atomic mass is 19.1. The topological polar surface area (TPSA) is 38.1 Å². The predicted molar refractivity (Wildman–Crippen MR) is 117 cm³/mol. The van der Waals surface area contributed by atoms with Gasteiger partial charge in [0, 0.05) is 30.0 Å². The Bertz CT molecular complexity index is 1100. The van der Waals surface area contributed by atoms with E-state index in [4.69, 9.17) is 0 Å². The highest BCUT2D eigenvalue weighted by molar-refractivity contribution is 5.98. The summed E-state index contributed by atoms with van der Waals surface area (Å²) in [6.07, 6.45) is 7.50. The number of halogens is 1. The van der Waals surface area contributed by atoms with Gasteiger partial charge in [-0.25, -0.2) is 9.37 Å². The van der Waals surface area contributed by atoms with Gasteiger partial charge in [-0.3, -0.25) is 4.79 Å². The standard InChI is InChI=1S/C25H26FN3O/c1-17-12-21(7-11-24(17)28-14-18(2)27-16-28)13-22-8-4-19(3)29(25(22)30)15-20-5-9-23(26)10-6-20/h5-7,9-14,16,19H,4,8,15H2,1-3H3/b22-13+/t19-/m1/s1. The van der Waals surface area contributed by atoms with Crippen molar-refractivity contribution in [2.45, 2.75) is 46.2 Å². The van der Waals surface area contributed by atoms with E-state index in [0.717, 1.165) is 46.5 Å². The Morgan fingerprint density at radius 1 is 1.17 bits per heavy atom. The molecular formula is C25H26FN3O. The SMILES string of the molecule is Cc1cn(-c2ccc(/C=C3\CC[C@@H](C)N(Cc4ccc(F)cc4)C3=O)cc2C)cn1. The molecule has 1 fully saturated rings. The number of imidazole rings is 1. The summed E-state index contributed by atoms with van der Waals surface area (Å²) in [5, 5.41) is 0. The van der Waals surface area contributed by atoms with Crippen LogP contribution in [0.2, 0.25) is 0 Å². The molecule has 1 aliphatic heterocycles. The van der Waals surface area contributed by atoms with Gasteiger partial charge >= 0.3 is 0 Å². The van der Waals surface area contributed by atoms with Crippen LogP contribution in [0.25, 0.3) is 11.8 Å². The Kier molecular flexibility index (Phi) is 5.53. The van der Waals surface area contributed by atoms with Crippen LogP contribution in [0, 0.1) is 19.7 Å². The molecule has 1 saturated heterocycles. The van der Waals surface area contributed by atoms with Gasteiger partial charge in [0.05, 0.1) is 12.0 Å². The van der Waals surface area contributed by atoms with Crippen molar-refractivity contribution in [3.63, 3.8) is 0 Å². The smallest absolute Gasteiger partial charge is 0.250 e. The third-order valence-corrected chi connectivity index (χ3v) is 5.72. The molecule has 1 atom stereocenters. The van der Waals surface area contributed by atoms with E-state index in [-0.39, 0.29) is 17.8 Å². The number of nitrogens with zero attached hydrogens (tertiary/aromatic N) is 3. The molecule has 2 aromatic carbocycles. The number of amides is 1. The molecule has 30 heavy (non-hydrogen) atoms. The molecule has 2 heterocycles. The summed E-state index contributed by atoms with van der Waals surface area (Å²) < 4.78 is 15.2. The number of aryl methyl sites for hydroxylation is 2. The van der Waals surface area contributed by atoms with Gasteiger partial charge in [-0.05, 0) is 80.6 Å². The summed E-state index contributed by atoms with van der Waals surface area (Å²) in [5.74, 6) is -0.202. The highest BCUT2D eigenvalue weighted by Crippen LogP contribution is 2.27. The molecule has 0 saturated carbocycles. The molecule has 4 nitrogen and oxygen atoms in total. The lowest BCUT2D eigenvalue weighted by Gasteiger charge is -2.35. The van der Waals surface area contributed by atoms with Gasteiger partial charge in [0.2, 0.25) is 5.91 Å². The zero-order valence-electron chi connectivity index (χ0n) is 17.6. The van der Waals surface area contributed by atoms with Crippen LogP contribution < -0.4 is 0 Å². The van der Waals surface area contributed by atoms with Crippen LogP contribution >= 0.6 is 0 Å². The van der Waals surface area contributed by atoms with Crippen LogP contribution in [0.5, 0.6) is 0 Å². The Morgan fingerprint density at radius 2 is 1.93 bits per heavy atom. The molecule has 0 aliphatic carbocycles. The van der Waals surface area contributed by atoms with Gasteiger partial charge in [-0.15, -0.1) is 0 Å². The average Bonchev–Trinajstić information content (AvgIpc) is 3.15. The maximum Gasteiger partial charge on any atom is 0.250 e. The number of aromatic nitrogens is 2. The maximum atomic E-state index is 13.2. The summed E-state index contributed by atoms with van der Waals surface area (Å²) in [6.45, 7) is 6.61. The van der Waals surface area contributed by atoms with Crippen molar-refractivity contribution < 1.29 is 9.18 Å². The van der Waals surface area contributed by atoms with Crippen LogP contribution in [-0.2, 0) is 11.3 Å². The van der Waals surface area contributed by atoms with Crippen LogP contribution in [0.3, 0.4) is 0 Å². The van der Waals surface area contributed by atoms with Crippen molar-refractivity contribution in [3.05, 3.63) is 88.8 Å². The lowest BCUT2D eigenvalue weighted by molar-refractivity contribution is -0.131. The van der Waals surface area contributed by atoms with Gasteiger partial charge in [0.1, 0.15) is 5.82 Å². The van der Waals surface area contributed by atoms with E-state index in [1.807, 2.05) is 41.1 Å². The molecule has 0 unspecified atom stereocenters. The number of rotatable bonds is 4. The summed E-state index contributed by atoms with van der Waals surface area (Å²) in [5.41, 5.74) is 5.96. The Hall–Kier alpha value is -3.21. The van der Waals surface area contributed by atoms with Gasteiger partial charge in [0.25, 0.3) is 0 Å². The van der Waals surface area contributed by atoms with Gasteiger partial charge in [-0.1, -0.05) is 18.2 Å². The molecule has 5 heteroatoms. The number of hydrogen-bond acceptors (Lipinski definition) is 2. The van der Waals surface area contributed by atoms with Crippen molar-refractivity contribution in [1.82, 2.24) is 14.5 Å². The number of likely N-dealkylation sites (tertiary alicyclic amines) is 1. The first-order valence-corrected chi connectivity index (χ1v) is 10.3. The van der Waals surface area contributed by atoms with Crippen LogP contribution in [0.15, 0.2) is 60.6 Å². The number of carbonyl (C=O) groups is 1. The molecule has 0 bridgehead atoms. The molecule has 0 N–H and O–H groups in total. The fourth-order valence-electron chi connectivity index (χ4n) is 3.97. The van der Waals surface area contributed by atoms with E-state index in [2.05, 4.69) is 31.0 Å². The van der Waals surface area contributed by atoms with E-state index in [9.17, 15) is 9.18 Å². The van der Waals surface area contributed by atoms with Crippen molar-refractivity contribution in [2.24, 2.45) is 0 Å². The second kappa shape index (κ2) is 8.27. The third kappa shape index (κ3) is 4.20. The first-order chi connectivity index (χ1) is 14.4. The maximum absolute atomic E-state index is 13.2. The fraction of sp³-hybridized carbons (Fsp3) is 0.280. The van der Waals surface area contributed by atoms with E-state index in [1.165, 1.54) is 12.1 Å². The van der Waals surface area contributed by atoms with E-state index in [0.29, 0.717) is 6.54 Å². The van der Waals surface area contributed by atoms with E-state index >= 15 is 0 Å². The number of piperidine rings is 1. The number of hydrogen-bond donors (Lipinski definition) is 0. The molecule has 0 radical (unpaired) electrons. The highest BCUT2D eigenvalue weighted by Gasteiger charge is 2.28. The third-order valence-electron chi connectivity index (χ3n) is 5.72. The van der Waals surface area contributed by atoms with Crippen LogP contribution in [-0.4, -0.2) is 26.4 Å². The average molecular weight is 404 g/mol. The van der Waals surface area contributed by atoms with Crippen LogP contribution in [0.1, 0.15) is 42.1 Å². The molecular weight excluding hydrogens is 377 g/mol. The van der Waals surface area contributed by atoms with Crippen molar-refractivity contribution in [2.75, 3.05) is 0 Å². The Balaban J connectivity index is 1.56. The number of benzene rings is 2. The lowest BCUT2D eigenvalue weighted by atomic mass is 9.95. The molecule has 4 rings (SSSR count). The summed E-state index contributed by atoms with van der Waals surface area (Å²) in [6, 6.07) is 12.7. The zero-order valence-corrected chi connectivity index (χ0v) is 17.6. The second-order valence-corrected chi connectivity index (χ2v) is 8.09. The minimum Gasteiger partial charge on any atom is -0.332 e. The zero-order chi connectivity index (χ0) is 21.3. The van der Waals surface area contributed by atoms with Crippen molar-refractivity contribution in [1.29, 1.82) is 0 Å². The van der Waals surface area contributed by atoms with Crippen molar-refractivity contribution >= 4 is 12.0 Å². The quantitative estimate of drug-likeness (QED) is 0.560. The minimum absolute atomic E-state index is 0.0602. The molecule has 154 valence electrons. The largest absolute Gasteiger partial charge is 0.332 e. The van der Waals surface area contributed by atoms with E-state index in [1.54, 1.807) is 12.1 Å². The fourth-order valence-corrected chi connectivity index (χ4v) is 3.97. The lowest BCUT2D eigenvalue weighted by Crippen LogP contribution is -2.42. The number of carbonyl (C=O) groups excluding carboxylic acids is 1. The molecule has 1 aliphatic rings. The summed E-state index contributed by atoms with van der Waals surface area (Å²) in [7, 11) is 0. The van der Waals surface area contributed by atoms with Crippen molar-refractivity contribution in [3.8, 4) is 5.69 Å². The minimum atomic E-state index is -0.262. The molecule has 3 aromatic rings. The molecule has 1 aromatic heterocycles. The first-order valence-electron chi connectivity index (χ1n) is 10.3. The van der Waals surface area contributed by atoms with Gasteiger partial charge in [0.15, 0.2) is 0 Å². The predicted octanol–water partition coefficient (Wildman–Crippen LogP) is 5.22. The van der Waals surface area contributed by atoms with E-state index < -0.39 is 0 Å². The van der Waals surface area contributed by atoms with Crippen LogP contribution in [0.4, 0.5) is 4.39 Å². The first kappa shape index (κ1) is 20.1. The van der Waals surface area contributed by atoms with Gasteiger partial charge in [-0.2, -0.15) is 0 Å². The molecule has 0 spiro atoms. The van der Waals surface area contributed by atoms with Gasteiger partial charge < -0.3 is 9.47 Å². The Labute approximate surface area is 176 Å². The summed E-state index contributed by atoms with van der Waals surface area (Å²) >= 11 is 0.